The highest BCUT2D eigenvalue weighted by molar-refractivity contribution is 7.89. The number of rotatable bonds is 6. The first-order valence-corrected chi connectivity index (χ1v) is 7.82. The van der Waals surface area contributed by atoms with Crippen LogP contribution in [0.4, 0.5) is 5.69 Å². The van der Waals surface area contributed by atoms with E-state index >= 15 is 0 Å². The zero-order valence-electron chi connectivity index (χ0n) is 11.9. The van der Waals surface area contributed by atoms with E-state index in [2.05, 4.69) is 9.71 Å². The molecule has 0 saturated carbocycles. The maximum absolute atomic E-state index is 12.2. The van der Waals surface area contributed by atoms with Gasteiger partial charge in [0.25, 0.3) is 0 Å². The summed E-state index contributed by atoms with van der Waals surface area (Å²) in [7, 11) is -0.257. The lowest BCUT2D eigenvalue weighted by molar-refractivity contribution is 0.416. The van der Waals surface area contributed by atoms with Crippen molar-refractivity contribution in [2.24, 2.45) is 7.05 Å². The lowest BCUT2D eigenvalue weighted by Crippen LogP contribution is -2.26. The highest BCUT2D eigenvalue weighted by Gasteiger charge is 2.15. The van der Waals surface area contributed by atoms with E-state index in [-0.39, 0.29) is 17.1 Å². The maximum Gasteiger partial charge on any atom is 0.240 e. The van der Waals surface area contributed by atoms with Crippen LogP contribution in [0.1, 0.15) is 5.82 Å². The molecule has 0 atom stereocenters. The molecule has 0 aliphatic rings. The Labute approximate surface area is 123 Å². The average molecular weight is 310 g/mol. The van der Waals surface area contributed by atoms with E-state index in [0.29, 0.717) is 12.2 Å². The number of nitrogens with one attached hydrogen (secondary N) is 1. The van der Waals surface area contributed by atoms with Crippen LogP contribution >= 0.6 is 0 Å². The third kappa shape index (κ3) is 3.53. The van der Waals surface area contributed by atoms with Crippen LogP contribution in [-0.2, 0) is 23.5 Å². The summed E-state index contributed by atoms with van der Waals surface area (Å²) < 4.78 is 33.7. The number of sulfonamides is 1. The van der Waals surface area contributed by atoms with Crippen LogP contribution in [0, 0.1) is 0 Å². The highest BCUT2D eigenvalue weighted by Crippen LogP contribution is 2.24. The van der Waals surface area contributed by atoms with E-state index in [1.165, 1.54) is 25.3 Å². The van der Waals surface area contributed by atoms with Gasteiger partial charge in [-0.15, -0.1) is 0 Å². The number of nitrogens with two attached hydrogens (primary N) is 1. The van der Waals surface area contributed by atoms with E-state index in [9.17, 15) is 8.42 Å². The van der Waals surface area contributed by atoms with E-state index in [1.807, 2.05) is 17.8 Å². The van der Waals surface area contributed by atoms with Gasteiger partial charge in [-0.25, -0.2) is 18.1 Å². The van der Waals surface area contributed by atoms with Crippen LogP contribution in [0.15, 0.2) is 35.5 Å². The summed E-state index contributed by atoms with van der Waals surface area (Å²) in [5.74, 6) is 1.26. The SMILES string of the molecule is COc1ccc(S(=O)(=O)NCCc2nccn2C)cc1N. The standard InChI is InChI=1S/C13H18N4O3S/c1-17-8-7-15-13(17)5-6-16-21(18,19)10-3-4-12(20-2)11(14)9-10/h3-4,7-9,16H,5-6,14H2,1-2H3. The molecule has 7 nitrogen and oxygen atoms in total. The summed E-state index contributed by atoms with van der Waals surface area (Å²) in [5, 5.41) is 0. The third-order valence-electron chi connectivity index (χ3n) is 3.07. The summed E-state index contributed by atoms with van der Waals surface area (Å²) in [6.07, 6.45) is 4.00. The van der Waals surface area contributed by atoms with Gasteiger partial charge in [-0.2, -0.15) is 0 Å². The number of nitrogens with zero attached hydrogens (tertiary/aromatic N) is 2. The summed E-state index contributed by atoms with van der Waals surface area (Å²) in [6.45, 7) is 0.263. The number of methoxy groups -OCH3 is 1. The van der Waals surface area contributed by atoms with Crippen LogP contribution in [0.2, 0.25) is 0 Å². The molecule has 8 heteroatoms. The second-order valence-corrected chi connectivity index (χ2v) is 6.27. The van der Waals surface area contributed by atoms with Crippen LogP contribution in [-0.4, -0.2) is 31.6 Å². The zero-order valence-corrected chi connectivity index (χ0v) is 12.7. The van der Waals surface area contributed by atoms with E-state index in [1.54, 1.807) is 6.20 Å². The monoisotopic (exact) mass is 310 g/mol. The molecule has 0 fully saturated rings. The first kappa shape index (κ1) is 15.3. The van der Waals surface area contributed by atoms with Crippen molar-refractivity contribution >= 4 is 15.7 Å². The van der Waals surface area contributed by atoms with Gasteiger partial charge in [0.15, 0.2) is 0 Å². The Morgan fingerprint density at radius 2 is 2.19 bits per heavy atom. The van der Waals surface area contributed by atoms with E-state index in [4.69, 9.17) is 10.5 Å². The molecule has 2 aromatic rings. The Kier molecular flexibility index (Phi) is 4.49. The van der Waals surface area contributed by atoms with E-state index in [0.717, 1.165) is 5.82 Å². The molecule has 0 aliphatic heterocycles. The Hall–Kier alpha value is -2.06. The van der Waals surface area contributed by atoms with Crippen molar-refractivity contribution in [3.8, 4) is 5.75 Å². The fourth-order valence-corrected chi connectivity index (χ4v) is 2.96. The molecule has 0 amide bonds. The van der Waals surface area contributed by atoms with Gasteiger partial charge < -0.3 is 15.0 Å². The number of nitrogen functional groups attached to an aromatic ring is 1. The largest absolute Gasteiger partial charge is 0.495 e. The summed E-state index contributed by atoms with van der Waals surface area (Å²) in [4.78, 5) is 4.25. The van der Waals surface area contributed by atoms with Crippen LogP contribution in [0.25, 0.3) is 0 Å². The Morgan fingerprint density at radius 1 is 1.43 bits per heavy atom. The van der Waals surface area contributed by atoms with Crippen molar-refractivity contribution in [3.05, 3.63) is 36.4 Å². The fourth-order valence-electron chi connectivity index (χ4n) is 1.90. The second kappa shape index (κ2) is 6.15. The first-order chi connectivity index (χ1) is 9.94. The maximum atomic E-state index is 12.2. The van der Waals surface area contributed by atoms with Crippen LogP contribution in [0.5, 0.6) is 5.75 Å². The lowest BCUT2D eigenvalue weighted by atomic mass is 10.3. The number of benzene rings is 1. The van der Waals surface area contributed by atoms with Crippen molar-refractivity contribution in [1.29, 1.82) is 0 Å². The number of anilines is 1. The predicted molar refractivity (Wildman–Crippen MR) is 79.5 cm³/mol. The molecular formula is C13H18N4O3S. The van der Waals surface area contributed by atoms with Gasteiger partial charge in [-0.1, -0.05) is 0 Å². The topological polar surface area (TPSA) is 99.2 Å². The summed E-state index contributed by atoms with van der Waals surface area (Å²) >= 11 is 0. The second-order valence-electron chi connectivity index (χ2n) is 4.51. The molecular weight excluding hydrogens is 292 g/mol. The third-order valence-corrected chi connectivity index (χ3v) is 4.53. The van der Waals surface area contributed by atoms with Crippen molar-refractivity contribution in [1.82, 2.24) is 14.3 Å². The number of imidazole rings is 1. The van der Waals surface area contributed by atoms with Gasteiger partial charge in [0, 0.05) is 32.4 Å². The van der Waals surface area contributed by atoms with Gasteiger partial charge >= 0.3 is 0 Å². The van der Waals surface area contributed by atoms with Crippen LogP contribution in [0.3, 0.4) is 0 Å². The minimum atomic E-state index is -3.60. The normalized spacial score (nSPS) is 11.5. The smallest absolute Gasteiger partial charge is 0.240 e. The Balaban J connectivity index is 2.05. The van der Waals surface area contributed by atoms with Crippen molar-refractivity contribution in [2.45, 2.75) is 11.3 Å². The lowest BCUT2D eigenvalue weighted by Gasteiger charge is -2.09. The Morgan fingerprint density at radius 3 is 2.76 bits per heavy atom. The predicted octanol–water partition coefficient (Wildman–Crippen LogP) is 0.532. The number of ether oxygens (including phenoxy) is 1. The number of hydrogen-bond acceptors (Lipinski definition) is 5. The molecule has 3 N–H and O–H groups in total. The van der Waals surface area contributed by atoms with Crippen LogP contribution < -0.4 is 15.2 Å². The van der Waals surface area contributed by atoms with Gasteiger partial charge in [0.1, 0.15) is 11.6 Å². The number of aryl methyl sites for hydroxylation is 1. The molecule has 0 aliphatic carbocycles. The molecule has 114 valence electrons. The molecule has 0 bridgehead atoms. The summed E-state index contributed by atoms with van der Waals surface area (Å²) in [6, 6.07) is 4.36. The fraction of sp³-hybridized carbons (Fsp3) is 0.308. The first-order valence-electron chi connectivity index (χ1n) is 6.33. The molecule has 0 radical (unpaired) electrons. The number of hydrogen-bond donors (Lipinski definition) is 2. The van der Waals surface area contributed by atoms with Gasteiger partial charge in [0.05, 0.1) is 17.7 Å². The molecule has 1 aromatic carbocycles. The Bertz CT molecular complexity index is 725. The van der Waals surface area contributed by atoms with Gasteiger partial charge in [0.2, 0.25) is 10.0 Å². The zero-order chi connectivity index (χ0) is 15.5. The van der Waals surface area contributed by atoms with Crippen molar-refractivity contribution in [3.63, 3.8) is 0 Å². The molecule has 1 aromatic heterocycles. The molecule has 1 heterocycles. The van der Waals surface area contributed by atoms with Crippen molar-refractivity contribution < 1.29 is 13.2 Å². The summed E-state index contributed by atoms with van der Waals surface area (Å²) in [5.41, 5.74) is 6.01. The van der Waals surface area contributed by atoms with Gasteiger partial charge in [-0.3, -0.25) is 0 Å². The average Bonchev–Trinajstić information content (AvgIpc) is 2.84. The molecule has 2 rings (SSSR count). The quantitative estimate of drug-likeness (QED) is 0.758. The number of aromatic nitrogens is 2. The van der Waals surface area contributed by atoms with E-state index < -0.39 is 10.0 Å². The molecule has 21 heavy (non-hydrogen) atoms. The minimum absolute atomic E-state index is 0.112. The highest BCUT2D eigenvalue weighted by atomic mass is 32.2. The molecule has 0 spiro atoms. The van der Waals surface area contributed by atoms with Gasteiger partial charge in [-0.05, 0) is 18.2 Å². The molecule has 0 unspecified atom stereocenters. The molecule has 0 saturated heterocycles. The minimum Gasteiger partial charge on any atom is -0.495 e. The van der Waals surface area contributed by atoms with Crippen molar-refractivity contribution in [2.75, 3.05) is 19.4 Å².